The molecule has 0 aliphatic rings. The van der Waals surface area contributed by atoms with Crippen LogP contribution in [0.4, 0.5) is 5.69 Å². The van der Waals surface area contributed by atoms with Gasteiger partial charge in [0, 0.05) is 6.04 Å². The van der Waals surface area contributed by atoms with Crippen LogP contribution in [0.3, 0.4) is 0 Å². The number of carbonyl (C=O) groups excluding carboxylic acids is 1. The molecule has 1 amide bonds. The molecule has 0 bridgehead atoms. The third-order valence-corrected chi connectivity index (χ3v) is 4.09. The van der Waals surface area contributed by atoms with Crippen molar-refractivity contribution in [3.8, 4) is 5.75 Å². The van der Waals surface area contributed by atoms with E-state index in [1.807, 2.05) is 56.3 Å². The average molecular weight is 340 g/mol. The van der Waals surface area contributed by atoms with Crippen molar-refractivity contribution in [2.24, 2.45) is 5.92 Å². The van der Waals surface area contributed by atoms with Crippen LogP contribution in [-0.2, 0) is 4.79 Å². The first-order valence-corrected chi connectivity index (χ1v) is 8.86. The summed E-state index contributed by atoms with van der Waals surface area (Å²) in [5.41, 5.74) is 1.88. The predicted octanol–water partition coefficient (Wildman–Crippen LogP) is 4.40. The fourth-order valence-corrected chi connectivity index (χ4v) is 2.77. The van der Waals surface area contributed by atoms with Gasteiger partial charge in [-0.05, 0) is 37.5 Å². The van der Waals surface area contributed by atoms with E-state index in [9.17, 15) is 4.79 Å². The largest absolute Gasteiger partial charge is 0.492 e. The molecule has 0 radical (unpaired) electrons. The summed E-state index contributed by atoms with van der Waals surface area (Å²) in [5.74, 6) is 0.983. The Hall–Kier alpha value is -2.33. The van der Waals surface area contributed by atoms with Gasteiger partial charge in [-0.2, -0.15) is 0 Å². The van der Waals surface area contributed by atoms with Crippen molar-refractivity contribution in [2.75, 3.05) is 11.9 Å². The highest BCUT2D eigenvalue weighted by Gasteiger charge is 2.22. The van der Waals surface area contributed by atoms with Crippen LogP contribution < -0.4 is 15.4 Å². The third-order valence-electron chi connectivity index (χ3n) is 4.09. The van der Waals surface area contributed by atoms with Gasteiger partial charge in [0.05, 0.1) is 18.3 Å². The molecule has 134 valence electrons. The number of rotatable bonds is 8. The minimum absolute atomic E-state index is 0.0752. The highest BCUT2D eigenvalue weighted by Crippen LogP contribution is 2.25. The van der Waals surface area contributed by atoms with Gasteiger partial charge < -0.3 is 10.1 Å². The summed E-state index contributed by atoms with van der Waals surface area (Å²) in [5, 5.41) is 6.42. The molecule has 0 fully saturated rings. The van der Waals surface area contributed by atoms with Crippen LogP contribution in [0.25, 0.3) is 0 Å². The number of carbonyl (C=O) groups is 1. The van der Waals surface area contributed by atoms with E-state index in [1.165, 1.54) is 5.56 Å². The molecule has 0 saturated carbocycles. The molecule has 0 heterocycles. The van der Waals surface area contributed by atoms with E-state index in [-0.39, 0.29) is 18.0 Å². The van der Waals surface area contributed by atoms with E-state index in [0.29, 0.717) is 24.0 Å². The lowest BCUT2D eigenvalue weighted by Crippen LogP contribution is -2.41. The zero-order chi connectivity index (χ0) is 18.2. The molecule has 4 heteroatoms. The number of nitrogens with one attached hydrogen (secondary N) is 2. The molecular formula is C21H28N2O2. The summed E-state index contributed by atoms with van der Waals surface area (Å²) in [4.78, 5) is 12.6. The van der Waals surface area contributed by atoms with E-state index >= 15 is 0 Å². The van der Waals surface area contributed by atoms with E-state index in [2.05, 4.69) is 36.6 Å². The highest BCUT2D eigenvalue weighted by atomic mass is 16.5. The maximum atomic E-state index is 12.6. The molecule has 0 aliphatic heterocycles. The van der Waals surface area contributed by atoms with Gasteiger partial charge in [-0.25, -0.2) is 0 Å². The Labute approximate surface area is 150 Å². The first kappa shape index (κ1) is 19.0. The molecule has 0 spiro atoms. The fourth-order valence-electron chi connectivity index (χ4n) is 2.77. The van der Waals surface area contributed by atoms with Gasteiger partial charge in [0.25, 0.3) is 0 Å². The molecule has 2 aromatic rings. The summed E-state index contributed by atoms with van der Waals surface area (Å²) >= 11 is 0. The van der Waals surface area contributed by atoms with Gasteiger partial charge in [-0.3, -0.25) is 10.1 Å². The Morgan fingerprint density at radius 2 is 1.64 bits per heavy atom. The zero-order valence-corrected chi connectivity index (χ0v) is 15.5. The number of benzene rings is 2. The van der Waals surface area contributed by atoms with Crippen molar-refractivity contribution in [1.29, 1.82) is 0 Å². The second-order valence-corrected chi connectivity index (χ2v) is 6.44. The second-order valence-electron chi connectivity index (χ2n) is 6.44. The number of ether oxygens (including phenoxy) is 1. The lowest BCUT2D eigenvalue weighted by molar-refractivity contribution is -0.118. The van der Waals surface area contributed by atoms with Crippen molar-refractivity contribution in [3.05, 3.63) is 60.2 Å². The average Bonchev–Trinajstić information content (AvgIpc) is 2.61. The summed E-state index contributed by atoms with van der Waals surface area (Å²) in [6, 6.07) is 17.5. The van der Waals surface area contributed by atoms with Gasteiger partial charge in [-0.1, -0.05) is 56.3 Å². The Kier molecular flexibility index (Phi) is 7.02. The normalized spacial score (nSPS) is 13.3. The lowest BCUT2D eigenvalue weighted by Gasteiger charge is -2.26. The standard InChI is InChI=1S/C21H28N2O2/c1-5-25-19-14-10-9-13-18(19)23-21(24)16(4)22-20(15(2)3)17-11-7-6-8-12-17/h6-16,20,22H,5H2,1-4H3,(H,23,24). The van der Waals surface area contributed by atoms with E-state index < -0.39 is 0 Å². The van der Waals surface area contributed by atoms with Crippen LogP contribution in [0.5, 0.6) is 5.75 Å². The first-order chi connectivity index (χ1) is 12.0. The molecule has 2 rings (SSSR count). The fraction of sp³-hybridized carbons (Fsp3) is 0.381. The van der Waals surface area contributed by atoms with Crippen molar-refractivity contribution >= 4 is 11.6 Å². The molecule has 0 saturated heterocycles. The van der Waals surface area contributed by atoms with Crippen molar-refractivity contribution in [3.63, 3.8) is 0 Å². The van der Waals surface area contributed by atoms with Crippen LogP contribution in [0, 0.1) is 5.92 Å². The maximum absolute atomic E-state index is 12.6. The van der Waals surface area contributed by atoms with Gasteiger partial charge in [0.1, 0.15) is 5.75 Å². The smallest absolute Gasteiger partial charge is 0.241 e. The molecule has 2 atom stereocenters. The Morgan fingerprint density at radius 3 is 2.28 bits per heavy atom. The quantitative estimate of drug-likeness (QED) is 0.749. The molecule has 25 heavy (non-hydrogen) atoms. The van der Waals surface area contributed by atoms with Gasteiger partial charge in [0.15, 0.2) is 0 Å². The van der Waals surface area contributed by atoms with Gasteiger partial charge >= 0.3 is 0 Å². The molecule has 2 unspecified atom stereocenters. The minimum Gasteiger partial charge on any atom is -0.492 e. The molecule has 4 nitrogen and oxygen atoms in total. The van der Waals surface area contributed by atoms with Crippen molar-refractivity contribution < 1.29 is 9.53 Å². The Balaban J connectivity index is 2.06. The second kappa shape index (κ2) is 9.23. The van der Waals surface area contributed by atoms with Crippen LogP contribution >= 0.6 is 0 Å². The van der Waals surface area contributed by atoms with E-state index in [4.69, 9.17) is 4.74 Å². The lowest BCUT2D eigenvalue weighted by atomic mass is 9.95. The van der Waals surface area contributed by atoms with Crippen LogP contribution in [0.1, 0.15) is 39.3 Å². The maximum Gasteiger partial charge on any atom is 0.241 e. The number of amides is 1. The molecule has 0 aromatic heterocycles. The van der Waals surface area contributed by atoms with Gasteiger partial charge in [-0.15, -0.1) is 0 Å². The number of hydrogen-bond acceptors (Lipinski definition) is 3. The topological polar surface area (TPSA) is 50.4 Å². The number of hydrogen-bond donors (Lipinski definition) is 2. The van der Waals surface area contributed by atoms with Crippen molar-refractivity contribution in [2.45, 2.75) is 39.8 Å². The minimum atomic E-state index is -0.331. The summed E-state index contributed by atoms with van der Waals surface area (Å²) in [6.45, 7) is 8.68. The van der Waals surface area contributed by atoms with Crippen molar-refractivity contribution in [1.82, 2.24) is 5.32 Å². The molecular weight excluding hydrogens is 312 g/mol. The molecule has 0 aliphatic carbocycles. The van der Waals surface area contributed by atoms with Crippen LogP contribution in [0.2, 0.25) is 0 Å². The summed E-state index contributed by atoms with van der Waals surface area (Å²) in [6.07, 6.45) is 0. The molecule has 2 aromatic carbocycles. The number of para-hydroxylation sites is 2. The summed E-state index contributed by atoms with van der Waals surface area (Å²) in [7, 11) is 0. The zero-order valence-electron chi connectivity index (χ0n) is 15.5. The molecule has 2 N–H and O–H groups in total. The number of anilines is 1. The first-order valence-electron chi connectivity index (χ1n) is 8.86. The van der Waals surface area contributed by atoms with E-state index in [1.54, 1.807) is 0 Å². The van der Waals surface area contributed by atoms with E-state index in [0.717, 1.165) is 0 Å². The monoisotopic (exact) mass is 340 g/mol. The SMILES string of the molecule is CCOc1ccccc1NC(=O)C(C)NC(c1ccccc1)C(C)C. The van der Waals surface area contributed by atoms with Crippen LogP contribution in [0.15, 0.2) is 54.6 Å². The Morgan fingerprint density at radius 1 is 1.00 bits per heavy atom. The van der Waals surface area contributed by atoms with Crippen LogP contribution in [-0.4, -0.2) is 18.6 Å². The Bertz CT molecular complexity index is 671. The predicted molar refractivity (Wildman–Crippen MR) is 103 cm³/mol. The highest BCUT2D eigenvalue weighted by molar-refractivity contribution is 5.95. The third kappa shape index (κ3) is 5.33. The van der Waals surface area contributed by atoms with Gasteiger partial charge in [0.2, 0.25) is 5.91 Å². The summed E-state index contributed by atoms with van der Waals surface area (Å²) < 4.78 is 5.57.